The van der Waals surface area contributed by atoms with Gasteiger partial charge in [0, 0.05) is 16.8 Å². The number of hydrogen-bond donors (Lipinski definition) is 1. The number of benzene rings is 2. The Morgan fingerprint density at radius 2 is 1.79 bits per heavy atom. The second-order valence-electron chi connectivity index (χ2n) is 8.49. The SMILES string of the molecule is O=C1C(C2CC2)[C@H](c2c(F)cc(-c3cn(C(F)(F)F)nn3)cc2F)N1c1ccc2nc[nH]c2c1. The fourth-order valence-electron chi connectivity index (χ4n) is 4.63. The first-order chi connectivity index (χ1) is 16.2. The van der Waals surface area contributed by atoms with Crippen LogP contribution in [-0.4, -0.2) is 30.9 Å². The summed E-state index contributed by atoms with van der Waals surface area (Å²) >= 11 is 0. The second-order valence-corrected chi connectivity index (χ2v) is 8.49. The number of amides is 1. The Morgan fingerprint density at radius 1 is 1.06 bits per heavy atom. The van der Waals surface area contributed by atoms with Crippen LogP contribution in [0.15, 0.2) is 42.9 Å². The van der Waals surface area contributed by atoms with Gasteiger partial charge in [-0.15, -0.1) is 18.3 Å². The molecule has 6 rings (SSSR count). The molecule has 2 aliphatic rings. The van der Waals surface area contributed by atoms with Crippen molar-refractivity contribution >= 4 is 22.6 Å². The van der Waals surface area contributed by atoms with Crippen LogP contribution in [0.5, 0.6) is 0 Å². The van der Waals surface area contributed by atoms with Crippen molar-refractivity contribution in [3.05, 3.63) is 60.1 Å². The molecule has 1 saturated carbocycles. The van der Waals surface area contributed by atoms with Crippen molar-refractivity contribution in [1.82, 2.24) is 25.0 Å². The molecule has 2 atom stereocenters. The zero-order valence-corrected chi connectivity index (χ0v) is 17.2. The standard InChI is InChI=1S/C22H15F5N6O/c23-13-5-11(17-8-32(31-30-17)22(25,26)27)6-14(24)19(13)20-18(10-1-2-10)21(34)33(20)12-3-4-15-16(7-12)29-9-28-15/h3-10,18,20H,1-2H2,(H,28,29)/t18?,20-/m1/s1. The third kappa shape index (κ3) is 3.16. The summed E-state index contributed by atoms with van der Waals surface area (Å²) in [5.74, 6) is -2.68. The third-order valence-corrected chi connectivity index (χ3v) is 6.38. The van der Waals surface area contributed by atoms with E-state index in [2.05, 4.69) is 20.3 Å². The van der Waals surface area contributed by atoms with Crippen molar-refractivity contribution in [2.45, 2.75) is 25.2 Å². The van der Waals surface area contributed by atoms with Crippen LogP contribution in [0.1, 0.15) is 24.4 Å². The number of aromatic amines is 1. The number of carbonyl (C=O) groups excluding carboxylic acids is 1. The van der Waals surface area contributed by atoms with Crippen LogP contribution in [0.4, 0.5) is 27.6 Å². The Bertz CT molecular complexity index is 1420. The van der Waals surface area contributed by atoms with Gasteiger partial charge in [0.1, 0.15) is 17.3 Å². The number of alkyl halides is 3. The number of nitrogens with one attached hydrogen (secondary N) is 1. The number of fused-ring (bicyclic) bond motifs is 1. The van der Waals surface area contributed by atoms with Crippen LogP contribution in [0, 0.1) is 23.5 Å². The Hall–Kier alpha value is -3.83. The largest absolute Gasteiger partial charge is 0.505 e. The van der Waals surface area contributed by atoms with Crippen LogP contribution < -0.4 is 4.90 Å². The van der Waals surface area contributed by atoms with Gasteiger partial charge in [0.25, 0.3) is 0 Å². The summed E-state index contributed by atoms with van der Waals surface area (Å²) in [5, 5.41) is 6.35. The fourth-order valence-corrected chi connectivity index (χ4v) is 4.63. The molecular weight excluding hydrogens is 459 g/mol. The molecule has 1 aliphatic carbocycles. The molecule has 2 fully saturated rings. The van der Waals surface area contributed by atoms with Gasteiger partial charge in [-0.1, -0.05) is 5.21 Å². The highest BCUT2D eigenvalue weighted by molar-refractivity contribution is 6.04. The second kappa shape index (κ2) is 7.08. The lowest BCUT2D eigenvalue weighted by molar-refractivity contribution is -0.213. The highest BCUT2D eigenvalue weighted by atomic mass is 19.4. The molecule has 12 heteroatoms. The van der Waals surface area contributed by atoms with Crippen molar-refractivity contribution < 1.29 is 26.7 Å². The lowest BCUT2D eigenvalue weighted by Gasteiger charge is -2.48. The van der Waals surface area contributed by atoms with Gasteiger partial charge in [-0.3, -0.25) is 4.79 Å². The molecule has 0 radical (unpaired) electrons. The first-order valence-corrected chi connectivity index (χ1v) is 10.5. The van der Waals surface area contributed by atoms with Gasteiger partial charge in [-0.05, 0) is 49.1 Å². The van der Waals surface area contributed by atoms with E-state index < -0.39 is 29.9 Å². The molecule has 0 spiro atoms. The van der Waals surface area contributed by atoms with Crippen LogP contribution in [-0.2, 0) is 11.1 Å². The summed E-state index contributed by atoms with van der Waals surface area (Å²) in [4.78, 5) is 21.5. The number of imidazole rings is 1. The van der Waals surface area contributed by atoms with E-state index in [0.29, 0.717) is 22.9 Å². The highest BCUT2D eigenvalue weighted by Gasteiger charge is 2.56. The smallest absolute Gasteiger partial charge is 0.345 e. The Kier molecular flexibility index (Phi) is 4.32. The zero-order valence-electron chi connectivity index (χ0n) is 17.2. The molecule has 34 heavy (non-hydrogen) atoms. The lowest BCUT2D eigenvalue weighted by atomic mass is 9.78. The molecule has 0 bridgehead atoms. The minimum Gasteiger partial charge on any atom is -0.345 e. The fraction of sp³-hybridized carbons (Fsp3) is 0.273. The maximum atomic E-state index is 15.3. The Labute approximate surface area is 188 Å². The molecule has 4 aromatic rings. The summed E-state index contributed by atoms with van der Waals surface area (Å²) in [6, 6.07) is 6.03. The number of hydrogen-bond acceptors (Lipinski definition) is 4. The van der Waals surface area contributed by atoms with Gasteiger partial charge < -0.3 is 9.88 Å². The number of anilines is 1. The van der Waals surface area contributed by atoms with Gasteiger partial charge in [-0.25, -0.2) is 13.8 Å². The molecular formula is C22H15F5N6O. The van der Waals surface area contributed by atoms with Crippen LogP contribution in [0.2, 0.25) is 0 Å². The predicted molar refractivity (Wildman–Crippen MR) is 109 cm³/mol. The molecule has 2 aromatic carbocycles. The number of nitrogens with zero attached hydrogens (tertiary/aromatic N) is 5. The van der Waals surface area contributed by atoms with Crippen molar-refractivity contribution in [2.24, 2.45) is 11.8 Å². The third-order valence-electron chi connectivity index (χ3n) is 6.38. The quantitative estimate of drug-likeness (QED) is 0.344. The molecule has 1 saturated heterocycles. The van der Waals surface area contributed by atoms with Crippen LogP contribution >= 0.6 is 0 Å². The van der Waals surface area contributed by atoms with Crippen molar-refractivity contribution in [1.29, 1.82) is 0 Å². The number of rotatable bonds is 4. The number of H-pyrrole nitrogens is 1. The van der Waals surface area contributed by atoms with Crippen molar-refractivity contribution in [2.75, 3.05) is 4.90 Å². The number of carbonyl (C=O) groups is 1. The Morgan fingerprint density at radius 3 is 2.44 bits per heavy atom. The molecule has 7 nitrogen and oxygen atoms in total. The van der Waals surface area contributed by atoms with Crippen molar-refractivity contribution in [3.8, 4) is 11.3 Å². The summed E-state index contributed by atoms with van der Waals surface area (Å²) in [5.41, 5.74) is 1.01. The molecule has 3 heterocycles. The van der Waals surface area contributed by atoms with Gasteiger partial charge in [0.15, 0.2) is 0 Å². The monoisotopic (exact) mass is 474 g/mol. The highest BCUT2D eigenvalue weighted by Crippen LogP contribution is 2.55. The first-order valence-electron chi connectivity index (χ1n) is 10.5. The van der Waals surface area contributed by atoms with E-state index in [9.17, 15) is 18.0 Å². The molecule has 174 valence electrons. The normalized spacial score (nSPS) is 20.7. The van der Waals surface area contributed by atoms with E-state index in [4.69, 9.17) is 0 Å². The average molecular weight is 474 g/mol. The maximum Gasteiger partial charge on any atom is 0.505 e. The van der Waals surface area contributed by atoms with E-state index in [0.717, 1.165) is 25.0 Å². The molecule has 1 N–H and O–H groups in total. The minimum atomic E-state index is -4.80. The molecule has 1 amide bonds. The summed E-state index contributed by atoms with van der Waals surface area (Å²) in [7, 11) is 0. The van der Waals surface area contributed by atoms with Crippen LogP contribution in [0.3, 0.4) is 0 Å². The van der Waals surface area contributed by atoms with Gasteiger partial charge >= 0.3 is 6.30 Å². The first kappa shape index (κ1) is 20.8. The molecule has 2 aromatic heterocycles. The number of aromatic nitrogens is 5. The number of β-lactam (4-membered cyclic amide) rings is 1. The van der Waals surface area contributed by atoms with Gasteiger partial charge in [0.2, 0.25) is 5.91 Å². The minimum absolute atomic E-state index is 0.0368. The van der Waals surface area contributed by atoms with Gasteiger partial charge in [-0.2, -0.15) is 4.68 Å². The van der Waals surface area contributed by atoms with Crippen molar-refractivity contribution in [3.63, 3.8) is 0 Å². The van der Waals surface area contributed by atoms with E-state index >= 15 is 8.78 Å². The van der Waals surface area contributed by atoms with Crippen LogP contribution in [0.25, 0.3) is 22.3 Å². The molecule has 1 aliphatic heterocycles. The summed E-state index contributed by atoms with van der Waals surface area (Å²) < 4.78 is 68.7. The lowest BCUT2D eigenvalue weighted by Crippen LogP contribution is -2.56. The van der Waals surface area contributed by atoms with E-state index in [1.807, 2.05) is 0 Å². The number of halogens is 5. The average Bonchev–Trinajstić information content (AvgIpc) is 3.26. The topological polar surface area (TPSA) is 79.7 Å². The maximum absolute atomic E-state index is 15.3. The molecule has 1 unspecified atom stereocenters. The van der Waals surface area contributed by atoms with Gasteiger partial charge in [0.05, 0.1) is 35.5 Å². The van der Waals surface area contributed by atoms with E-state index in [-0.39, 0.29) is 33.3 Å². The summed E-state index contributed by atoms with van der Waals surface area (Å²) in [6.07, 6.45) is -1.16. The Balaban J connectivity index is 1.41. The zero-order chi connectivity index (χ0) is 23.8. The summed E-state index contributed by atoms with van der Waals surface area (Å²) in [6.45, 7) is 0. The predicted octanol–water partition coefficient (Wildman–Crippen LogP) is 4.69. The van der Waals surface area contributed by atoms with E-state index in [1.54, 1.807) is 18.2 Å². The van der Waals surface area contributed by atoms with E-state index in [1.165, 1.54) is 11.2 Å².